The summed E-state index contributed by atoms with van der Waals surface area (Å²) in [6, 6.07) is 19.5. The van der Waals surface area contributed by atoms with Crippen LogP contribution in [0, 0.1) is 0 Å². The number of nitrogens with zero attached hydrogens (tertiary/aromatic N) is 1. The van der Waals surface area contributed by atoms with Crippen molar-refractivity contribution in [3.63, 3.8) is 0 Å². The number of amides is 2. The van der Waals surface area contributed by atoms with Crippen LogP contribution in [0.3, 0.4) is 0 Å². The molecule has 3 aromatic carbocycles. The van der Waals surface area contributed by atoms with Crippen molar-refractivity contribution in [2.24, 2.45) is 5.10 Å². The number of anilines is 1. The molecule has 28 heavy (non-hydrogen) atoms. The molecule has 0 radical (unpaired) electrons. The van der Waals surface area contributed by atoms with E-state index in [2.05, 4.69) is 15.8 Å². The third-order valence-corrected chi connectivity index (χ3v) is 4.13. The van der Waals surface area contributed by atoms with Crippen molar-refractivity contribution >= 4 is 35.3 Å². The normalized spacial score (nSPS) is 10.6. The van der Waals surface area contributed by atoms with E-state index in [1.165, 1.54) is 18.3 Å². The van der Waals surface area contributed by atoms with Gasteiger partial charge in [0.25, 0.3) is 11.8 Å². The molecule has 140 valence electrons. The number of phenolic OH excluding ortho intramolecular Hbond substituents is 1. The second kappa shape index (κ2) is 8.83. The first-order valence-corrected chi connectivity index (χ1v) is 8.69. The Bertz CT molecular complexity index is 1020. The minimum atomic E-state index is -0.390. The number of halogens is 1. The molecule has 0 aliphatic carbocycles. The molecule has 0 aliphatic heterocycles. The molecule has 6 nitrogen and oxygen atoms in total. The number of carbonyl (C=O) groups is 2. The number of nitrogens with one attached hydrogen (secondary N) is 2. The largest absolute Gasteiger partial charge is 0.508 e. The van der Waals surface area contributed by atoms with Crippen LogP contribution in [0.4, 0.5) is 5.69 Å². The summed E-state index contributed by atoms with van der Waals surface area (Å²) in [6.45, 7) is 0. The molecule has 0 bridgehead atoms. The molecule has 0 fully saturated rings. The van der Waals surface area contributed by atoms with Crippen molar-refractivity contribution in [3.8, 4) is 5.75 Å². The lowest BCUT2D eigenvalue weighted by molar-refractivity contribution is 0.0954. The van der Waals surface area contributed by atoms with E-state index in [0.717, 1.165) is 5.56 Å². The van der Waals surface area contributed by atoms with Crippen molar-refractivity contribution in [2.75, 3.05) is 5.32 Å². The van der Waals surface area contributed by atoms with Crippen LogP contribution < -0.4 is 10.7 Å². The SMILES string of the molecule is O=C(N/N=C\c1ccc(O)cc1)c1ccc(NC(=O)c2ccccc2Cl)cc1. The zero-order valence-corrected chi connectivity index (χ0v) is 15.4. The Balaban J connectivity index is 1.59. The molecule has 3 aromatic rings. The third-order valence-electron chi connectivity index (χ3n) is 3.80. The predicted molar refractivity (Wildman–Crippen MR) is 109 cm³/mol. The molecule has 7 heteroatoms. The van der Waals surface area contributed by atoms with E-state index in [1.807, 2.05) is 0 Å². The molecule has 3 N–H and O–H groups in total. The molecule has 0 atom stereocenters. The van der Waals surface area contributed by atoms with Crippen LogP contribution in [0.2, 0.25) is 5.02 Å². The molecule has 0 saturated carbocycles. The number of carbonyl (C=O) groups excluding carboxylic acids is 2. The van der Waals surface area contributed by atoms with Gasteiger partial charge in [0.05, 0.1) is 16.8 Å². The van der Waals surface area contributed by atoms with Gasteiger partial charge in [-0.1, -0.05) is 23.7 Å². The highest BCUT2D eigenvalue weighted by Crippen LogP contribution is 2.17. The van der Waals surface area contributed by atoms with E-state index in [1.54, 1.807) is 60.7 Å². The summed E-state index contributed by atoms with van der Waals surface area (Å²) in [5.74, 6) is -0.566. The molecule has 0 saturated heterocycles. The topological polar surface area (TPSA) is 90.8 Å². The van der Waals surface area contributed by atoms with Crippen LogP contribution in [-0.2, 0) is 0 Å². The number of benzene rings is 3. The lowest BCUT2D eigenvalue weighted by Crippen LogP contribution is -2.18. The highest BCUT2D eigenvalue weighted by Gasteiger charge is 2.10. The third kappa shape index (κ3) is 4.96. The maximum absolute atomic E-state index is 12.2. The van der Waals surface area contributed by atoms with Crippen molar-refractivity contribution in [1.29, 1.82) is 0 Å². The van der Waals surface area contributed by atoms with Gasteiger partial charge in [0.1, 0.15) is 5.75 Å². The fourth-order valence-electron chi connectivity index (χ4n) is 2.34. The van der Waals surface area contributed by atoms with Crippen LogP contribution in [0.5, 0.6) is 5.75 Å². The monoisotopic (exact) mass is 393 g/mol. The Kier molecular flexibility index (Phi) is 6.04. The van der Waals surface area contributed by atoms with Crippen molar-refractivity contribution in [1.82, 2.24) is 5.43 Å². The lowest BCUT2D eigenvalue weighted by Gasteiger charge is -2.07. The van der Waals surface area contributed by atoms with Crippen molar-refractivity contribution in [3.05, 3.63) is 94.5 Å². The number of phenols is 1. The van der Waals surface area contributed by atoms with Crippen LogP contribution in [0.15, 0.2) is 77.9 Å². The van der Waals surface area contributed by atoms with Gasteiger partial charge in [-0.05, 0) is 66.2 Å². The smallest absolute Gasteiger partial charge is 0.271 e. The Morgan fingerprint density at radius 1 is 0.893 bits per heavy atom. The first kappa shape index (κ1) is 19.1. The number of hydrazone groups is 1. The number of aromatic hydroxyl groups is 1. The maximum atomic E-state index is 12.2. The molecular formula is C21H16ClN3O3. The average Bonchev–Trinajstić information content (AvgIpc) is 2.70. The molecule has 0 unspecified atom stereocenters. The van der Waals surface area contributed by atoms with Gasteiger partial charge < -0.3 is 10.4 Å². The van der Waals surface area contributed by atoms with E-state index >= 15 is 0 Å². The summed E-state index contributed by atoms with van der Waals surface area (Å²) in [4.78, 5) is 24.4. The maximum Gasteiger partial charge on any atom is 0.271 e. The minimum Gasteiger partial charge on any atom is -0.508 e. The van der Waals surface area contributed by atoms with Crippen LogP contribution in [0.25, 0.3) is 0 Å². The zero-order valence-electron chi connectivity index (χ0n) is 14.6. The molecule has 2 amide bonds. The first-order chi connectivity index (χ1) is 13.5. The lowest BCUT2D eigenvalue weighted by atomic mass is 10.1. The van der Waals surface area contributed by atoms with E-state index in [4.69, 9.17) is 11.6 Å². The van der Waals surface area contributed by atoms with Crippen LogP contribution in [-0.4, -0.2) is 23.1 Å². The molecule has 0 aromatic heterocycles. The fourth-order valence-corrected chi connectivity index (χ4v) is 2.56. The molecule has 3 rings (SSSR count). The zero-order chi connectivity index (χ0) is 19.9. The molecule has 0 aliphatic rings. The summed E-state index contributed by atoms with van der Waals surface area (Å²) < 4.78 is 0. The Morgan fingerprint density at radius 2 is 1.57 bits per heavy atom. The van der Waals surface area contributed by atoms with E-state index in [9.17, 15) is 14.7 Å². The van der Waals surface area contributed by atoms with E-state index in [0.29, 0.717) is 21.8 Å². The van der Waals surface area contributed by atoms with E-state index in [-0.39, 0.29) is 17.6 Å². The number of hydrogen-bond acceptors (Lipinski definition) is 4. The predicted octanol–water partition coefficient (Wildman–Crippen LogP) is 4.06. The second-order valence-electron chi connectivity index (χ2n) is 5.80. The van der Waals surface area contributed by atoms with Crippen molar-refractivity contribution in [2.45, 2.75) is 0 Å². The first-order valence-electron chi connectivity index (χ1n) is 8.31. The molecule has 0 spiro atoms. The average molecular weight is 394 g/mol. The van der Waals surface area contributed by atoms with Gasteiger partial charge in [-0.3, -0.25) is 9.59 Å². The number of rotatable bonds is 5. The van der Waals surface area contributed by atoms with Crippen LogP contribution >= 0.6 is 11.6 Å². The van der Waals surface area contributed by atoms with E-state index < -0.39 is 0 Å². The van der Waals surface area contributed by atoms with Crippen LogP contribution in [0.1, 0.15) is 26.3 Å². The standard InChI is InChI=1S/C21H16ClN3O3/c22-19-4-2-1-3-18(19)21(28)24-16-9-7-15(8-10-16)20(27)25-23-13-14-5-11-17(26)12-6-14/h1-13,26H,(H,24,28)(H,25,27)/b23-13-. The van der Waals surface area contributed by atoms with Gasteiger partial charge >= 0.3 is 0 Å². The van der Waals surface area contributed by atoms with Gasteiger partial charge in [0.15, 0.2) is 0 Å². The van der Waals surface area contributed by atoms with Gasteiger partial charge in [0, 0.05) is 11.3 Å². The van der Waals surface area contributed by atoms with Gasteiger partial charge in [0.2, 0.25) is 0 Å². The summed E-state index contributed by atoms with van der Waals surface area (Å²) >= 11 is 6.01. The van der Waals surface area contributed by atoms with Gasteiger partial charge in [-0.2, -0.15) is 5.10 Å². The second-order valence-corrected chi connectivity index (χ2v) is 6.21. The van der Waals surface area contributed by atoms with Gasteiger partial charge in [-0.15, -0.1) is 0 Å². The quantitative estimate of drug-likeness (QED) is 0.451. The summed E-state index contributed by atoms with van der Waals surface area (Å²) in [7, 11) is 0. The molecular weight excluding hydrogens is 378 g/mol. The van der Waals surface area contributed by atoms with Crippen molar-refractivity contribution < 1.29 is 14.7 Å². The van der Waals surface area contributed by atoms with Gasteiger partial charge in [-0.25, -0.2) is 5.43 Å². The highest BCUT2D eigenvalue weighted by molar-refractivity contribution is 6.34. The molecule has 0 heterocycles. The Labute approximate surface area is 166 Å². The fraction of sp³-hybridized carbons (Fsp3) is 0. The summed E-state index contributed by atoms with van der Waals surface area (Å²) in [5.41, 5.74) is 4.44. The highest BCUT2D eigenvalue weighted by atomic mass is 35.5. The summed E-state index contributed by atoms with van der Waals surface area (Å²) in [6.07, 6.45) is 1.47. The minimum absolute atomic E-state index is 0.155. The Morgan fingerprint density at radius 3 is 2.25 bits per heavy atom. The Hall–Kier alpha value is -3.64. The number of hydrogen-bond donors (Lipinski definition) is 3. The summed E-state index contributed by atoms with van der Waals surface area (Å²) in [5, 5.41) is 16.2.